The van der Waals surface area contributed by atoms with Crippen molar-refractivity contribution in [2.45, 2.75) is 25.7 Å². The summed E-state index contributed by atoms with van der Waals surface area (Å²) in [5.74, 6) is 1.54. The van der Waals surface area contributed by atoms with E-state index < -0.39 is 0 Å². The van der Waals surface area contributed by atoms with Gasteiger partial charge in [-0.25, -0.2) is 0 Å². The van der Waals surface area contributed by atoms with Crippen LogP contribution in [0.5, 0.6) is 5.75 Å². The van der Waals surface area contributed by atoms with Gasteiger partial charge >= 0.3 is 0 Å². The van der Waals surface area contributed by atoms with Crippen molar-refractivity contribution in [2.24, 2.45) is 5.92 Å². The molecule has 0 bridgehead atoms. The SMILES string of the molecule is CN(C)CCCOc1cccc(NC(=O)CCC2CCNC2)c1. The zero-order chi connectivity index (χ0) is 16.5. The molecule has 5 heteroatoms. The number of carbonyl (C=O) groups excluding carboxylic acids is 1. The van der Waals surface area contributed by atoms with Crippen molar-refractivity contribution < 1.29 is 9.53 Å². The first-order valence-electron chi connectivity index (χ1n) is 8.51. The van der Waals surface area contributed by atoms with Gasteiger partial charge in [-0.05, 0) is 64.5 Å². The number of hydrogen-bond acceptors (Lipinski definition) is 4. The molecule has 2 rings (SSSR count). The normalized spacial score (nSPS) is 17.4. The molecule has 1 aliphatic heterocycles. The minimum Gasteiger partial charge on any atom is -0.493 e. The lowest BCUT2D eigenvalue weighted by molar-refractivity contribution is -0.116. The summed E-state index contributed by atoms with van der Waals surface area (Å²) >= 11 is 0. The summed E-state index contributed by atoms with van der Waals surface area (Å²) in [5, 5.41) is 6.30. The van der Waals surface area contributed by atoms with Crippen molar-refractivity contribution in [3.63, 3.8) is 0 Å². The lowest BCUT2D eigenvalue weighted by Crippen LogP contribution is -2.16. The second kappa shape index (κ2) is 9.53. The third-order valence-corrected chi connectivity index (χ3v) is 4.08. The Morgan fingerprint density at radius 1 is 1.43 bits per heavy atom. The Bertz CT molecular complexity index is 485. The fourth-order valence-corrected chi connectivity index (χ4v) is 2.75. The smallest absolute Gasteiger partial charge is 0.224 e. The van der Waals surface area contributed by atoms with E-state index in [9.17, 15) is 4.79 Å². The van der Waals surface area contributed by atoms with Crippen molar-refractivity contribution in [3.8, 4) is 5.75 Å². The van der Waals surface area contributed by atoms with Gasteiger partial charge in [0.15, 0.2) is 0 Å². The van der Waals surface area contributed by atoms with Gasteiger partial charge in [0.25, 0.3) is 0 Å². The molecule has 0 aromatic heterocycles. The minimum absolute atomic E-state index is 0.0849. The zero-order valence-electron chi connectivity index (χ0n) is 14.3. The van der Waals surface area contributed by atoms with Gasteiger partial charge in [0.05, 0.1) is 6.61 Å². The maximum Gasteiger partial charge on any atom is 0.224 e. The summed E-state index contributed by atoms with van der Waals surface area (Å²) in [5.41, 5.74) is 0.810. The first-order chi connectivity index (χ1) is 11.1. The van der Waals surface area contributed by atoms with Crippen LogP contribution < -0.4 is 15.4 Å². The van der Waals surface area contributed by atoms with Crippen LogP contribution in [0.4, 0.5) is 5.69 Å². The Morgan fingerprint density at radius 3 is 3.04 bits per heavy atom. The second-order valence-electron chi connectivity index (χ2n) is 6.48. The molecule has 2 N–H and O–H groups in total. The molecule has 0 aliphatic carbocycles. The number of benzene rings is 1. The molecule has 1 saturated heterocycles. The van der Waals surface area contributed by atoms with Crippen LogP contribution in [0, 0.1) is 5.92 Å². The van der Waals surface area contributed by atoms with Crippen LogP contribution in [0.3, 0.4) is 0 Å². The fourth-order valence-electron chi connectivity index (χ4n) is 2.75. The summed E-state index contributed by atoms with van der Waals surface area (Å²) in [6, 6.07) is 7.64. The lowest BCUT2D eigenvalue weighted by Gasteiger charge is -2.12. The number of anilines is 1. The van der Waals surface area contributed by atoms with Crippen LogP contribution in [0.1, 0.15) is 25.7 Å². The maximum atomic E-state index is 12.0. The first kappa shape index (κ1) is 17.8. The molecule has 0 radical (unpaired) electrons. The Labute approximate surface area is 139 Å². The highest BCUT2D eigenvalue weighted by Crippen LogP contribution is 2.19. The van der Waals surface area contributed by atoms with Crippen molar-refractivity contribution in [1.82, 2.24) is 10.2 Å². The van der Waals surface area contributed by atoms with E-state index in [4.69, 9.17) is 4.74 Å². The molecule has 1 unspecified atom stereocenters. The molecule has 0 saturated carbocycles. The molecule has 5 nitrogen and oxygen atoms in total. The molecule has 1 aromatic carbocycles. The molecule has 128 valence electrons. The van der Waals surface area contributed by atoms with Gasteiger partial charge < -0.3 is 20.3 Å². The summed E-state index contributed by atoms with van der Waals surface area (Å²) in [6.45, 7) is 3.82. The predicted octanol–water partition coefficient (Wildman–Crippen LogP) is 2.35. The number of amides is 1. The van der Waals surface area contributed by atoms with Gasteiger partial charge in [0, 0.05) is 24.7 Å². The van der Waals surface area contributed by atoms with Gasteiger partial charge in [0.1, 0.15) is 5.75 Å². The van der Waals surface area contributed by atoms with Gasteiger partial charge in [-0.15, -0.1) is 0 Å². The van der Waals surface area contributed by atoms with E-state index in [0.29, 0.717) is 18.9 Å². The summed E-state index contributed by atoms with van der Waals surface area (Å²) < 4.78 is 5.73. The number of nitrogens with zero attached hydrogens (tertiary/aromatic N) is 1. The van der Waals surface area contributed by atoms with Crippen LogP contribution in [0.25, 0.3) is 0 Å². The first-order valence-corrected chi connectivity index (χ1v) is 8.51. The monoisotopic (exact) mass is 319 g/mol. The molecule has 1 amide bonds. The van der Waals surface area contributed by atoms with E-state index >= 15 is 0 Å². The minimum atomic E-state index is 0.0849. The van der Waals surface area contributed by atoms with Crippen molar-refractivity contribution in [2.75, 3.05) is 45.7 Å². The number of ether oxygens (including phenoxy) is 1. The van der Waals surface area contributed by atoms with E-state index in [1.165, 1.54) is 6.42 Å². The van der Waals surface area contributed by atoms with E-state index in [0.717, 1.165) is 43.9 Å². The molecular weight excluding hydrogens is 290 g/mol. The van der Waals surface area contributed by atoms with Crippen molar-refractivity contribution in [1.29, 1.82) is 0 Å². The zero-order valence-corrected chi connectivity index (χ0v) is 14.3. The van der Waals surface area contributed by atoms with E-state index in [-0.39, 0.29) is 5.91 Å². The summed E-state index contributed by atoms with van der Waals surface area (Å²) in [6.07, 6.45) is 3.71. The third kappa shape index (κ3) is 7.01. The highest BCUT2D eigenvalue weighted by molar-refractivity contribution is 5.90. The van der Waals surface area contributed by atoms with Crippen molar-refractivity contribution >= 4 is 11.6 Å². The number of nitrogens with one attached hydrogen (secondary N) is 2. The van der Waals surface area contributed by atoms with Crippen LogP contribution in [-0.4, -0.2) is 51.1 Å². The summed E-state index contributed by atoms with van der Waals surface area (Å²) in [4.78, 5) is 14.2. The molecule has 1 heterocycles. The van der Waals surface area contributed by atoms with Gasteiger partial charge in [-0.2, -0.15) is 0 Å². The topological polar surface area (TPSA) is 53.6 Å². The summed E-state index contributed by atoms with van der Waals surface area (Å²) in [7, 11) is 4.11. The fraction of sp³-hybridized carbons (Fsp3) is 0.611. The van der Waals surface area contributed by atoms with E-state index in [1.54, 1.807) is 0 Å². The largest absolute Gasteiger partial charge is 0.493 e. The van der Waals surface area contributed by atoms with Crippen LogP contribution in [-0.2, 0) is 4.79 Å². The van der Waals surface area contributed by atoms with Gasteiger partial charge in [0.2, 0.25) is 5.91 Å². The highest BCUT2D eigenvalue weighted by Gasteiger charge is 2.15. The van der Waals surface area contributed by atoms with Crippen LogP contribution >= 0.6 is 0 Å². The quantitative estimate of drug-likeness (QED) is 0.686. The molecule has 0 spiro atoms. The Balaban J connectivity index is 1.71. The Hall–Kier alpha value is -1.59. The number of rotatable bonds is 9. The molecular formula is C18H29N3O2. The van der Waals surface area contributed by atoms with Gasteiger partial charge in [-0.3, -0.25) is 4.79 Å². The highest BCUT2D eigenvalue weighted by atomic mass is 16.5. The van der Waals surface area contributed by atoms with Crippen LogP contribution in [0.2, 0.25) is 0 Å². The van der Waals surface area contributed by atoms with E-state index in [1.807, 2.05) is 24.3 Å². The molecule has 1 fully saturated rings. The maximum absolute atomic E-state index is 12.0. The Kier molecular flexibility index (Phi) is 7.36. The average molecular weight is 319 g/mol. The predicted molar refractivity (Wildman–Crippen MR) is 93.9 cm³/mol. The van der Waals surface area contributed by atoms with Crippen LogP contribution in [0.15, 0.2) is 24.3 Å². The molecule has 1 atom stereocenters. The van der Waals surface area contributed by atoms with E-state index in [2.05, 4.69) is 29.6 Å². The number of hydrogen-bond donors (Lipinski definition) is 2. The lowest BCUT2D eigenvalue weighted by atomic mass is 10.0. The molecule has 1 aliphatic rings. The van der Waals surface area contributed by atoms with Gasteiger partial charge in [-0.1, -0.05) is 6.07 Å². The van der Waals surface area contributed by atoms with Crippen molar-refractivity contribution in [3.05, 3.63) is 24.3 Å². The molecule has 1 aromatic rings. The standard InChI is InChI=1S/C18H29N3O2/c1-21(2)11-4-12-23-17-6-3-5-16(13-17)20-18(22)8-7-15-9-10-19-14-15/h3,5-6,13,15,19H,4,7-12,14H2,1-2H3,(H,20,22). The number of carbonyl (C=O) groups is 1. The average Bonchev–Trinajstić information content (AvgIpc) is 3.03. The Morgan fingerprint density at radius 2 is 2.30 bits per heavy atom. The molecule has 23 heavy (non-hydrogen) atoms. The third-order valence-electron chi connectivity index (χ3n) is 4.08. The second-order valence-corrected chi connectivity index (χ2v) is 6.48.